The van der Waals surface area contributed by atoms with Crippen LogP contribution in [0.5, 0.6) is 0 Å². The Labute approximate surface area is 103 Å². The van der Waals surface area contributed by atoms with Crippen LogP contribution in [-0.2, 0) is 5.38 Å². The van der Waals surface area contributed by atoms with Crippen molar-refractivity contribution in [3.05, 3.63) is 11.7 Å². The first-order valence-corrected chi connectivity index (χ1v) is 5.65. The van der Waals surface area contributed by atoms with E-state index in [2.05, 4.69) is 14.7 Å². The molecule has 17 heavy (non-hydrogen) atoms. The van der Waals surface area contributed by atoms with Gasteiger partial charge in [-0.3, -0.25) is 0 Å². The summed E-state index contributed by atoms with van der Waals surface area (Å²) < 4.78 is 29.6. The molecule has 1 heterocycles. The van der Waals surface area contributed by atoms with Crippen molar-refractivity contribution in [3.8, 4) is 0 Å². The Hall–Kier alpha value is -0.790. The van der Waals surface area contributed by atoms with Gasteiger partial charge in [0.05, 0.1) is 6.04 Å². The first kappa shape index (κ1) is 14.3. The monoisotopic (exact) mass is 268 g/mol. The molecule has 1 aromatic heterocycles. The molecule has 5 nitrogen and oxygen atoms in total. The Kier molecular flexibility index (Phi) is 4.79. The largest absolute Gasteiger partial charge is 0.400 e. The zero-order valence-corrected chi connectivity index (χ0v) is 10.4. The highest BCUT2D eigenvalue weighted by Crippen LogP contribution is 2.31. The number of hydrogen-bond acceptors (Lipinski definition) is 5. The van der Waals surface area contributed by atoms with E-state index in [0.717, 1.165) is 13.1 Å². The van der Waals surface area contributed by atoms with Gasteiger partial charge in [-0.1, -0.05) is 19.0 Å². The number of hydrogen-bond donors (Lipinski definition) is 1. The number of aromatic nitrogens is 2. The van der Waals surface area contributed by atoms with Gasteiger partial charge in [0.2, 0.25) is 0 Å². The van der Waals surface area contributed by atoms with E-state index in [1.54, 1.807) is 0 Å². The summed E-state index contributed by atoms with van der Waals surface area (Å²) in [7, 11) is 0. The maximum atomic E-state index is 12.6. The average Bonchev–Trinajstić information content (AvgIpc) is 2.74. The number of halogens is 3. The molecule has 0 aliphatic heterocycles. The highest BCUT2D eigenvalue weighted by molar-refractivity contribution is 6.21. The van der Waals surface area contributed by atoms with Gasteiger partial charge < -0.3 is 15.2 Å². The minimum absolute atomic E-state index is 0.0345. The summed E-state index contributed by atoms with van der Waals surface area (Å²) >= 11 is 4.76. The summed E-state index contributed by atoms with van der Waals surface area (Å²) in [6, 6.07) is -0.577. The van der Waals surface area contributed by atoms with Crippen molar-refractivity contribution in [2.24, 2.45) is 5.73 Å². The molecule has 0 spiro atoms. The Morgan fingerprint density at radius 1 is 1.47 bits per heavy atom. The molecule has 98 valence electrons. The first-order valence-electron chi connectivity index (χ1n) is 5.27. The van der Waals surface area contributed by atoms with E-state index < -0.39 is 17.3 Å². The van der Waals surface area contributed by atoms with Gasteiger partial charge in [-0.05, 0) is 24.7 Å². The van der Waals surface area contributed by atoms with Crippen LogP contribution in [0.25, 0.3) is 0 Å². The number of rotatable bonds is 6. The normalized spacial score (nSPS) is 14.3. The highest BCUT2D eigenvalue weighted by atomic mass is 35.5. The molecule has 0 aromatic carbocycles. The Balaban J connectivity index is 2.70. The van der Waals surface area contributed by atoms with Gasteiger partial charge in [-0.15, -0.1) is 0 Å². The highest BCUT2D eigenvalue weighted by Gasteiger charge is 2.36. The zero-order chi connectivity index (χ0) is 13.1. The molecule has 0 fully saturated rings. The van der Waals surface area contributed by atoms with Crippen LogP contribution in [0.3, 0.4) is 0 Å². The van der Waals surface area contributed by atoms with Crippen LogP contribution in [0.4, 0.5) is 8.78 Å². The van der Waals surface area contributed by atoms with Gasteiger partial charge in [-0.25, -0.2) is 0 Å². The Morgan fingerprint density at radius 3 is 2.47 bits per heavy atom. The smallest absolute Gasteiger partial charge is 0.331 e. The van der Waals surface area contributed by atoms with Crippen LogP contribution >= 0.6 is 11.6 Å². The van der Waals surface area contributed by atoms with E-state index in [0.29, 0.717) is 6.54 Å². The van der Waals surface area contributed by atoms with Crippen LogP contribution in [0.15, 0.2) is 4.52 Å². The molecular weight excluding hydrogens is 254 g/mol. The van der Waals surface area contributed by atoms with Gasteiger partial charge in [0.25, 0.3) is 0 Å². The predicted octanol–water partition coefficient (Wildman–Crippen LogP) is 1.70. The Morgan fingerprint density at radius 2 is 2.06 bits per heavy atom. The molecule has 0 aliphatic carbocycles. The molecule has 0 amide bonds. The van der Waals surface area contributed by atoms with Crippen LogP contribution in [-0.4, -0.2) is 34.7 Å². The maximum Gasteiger partial charge on any atom is 0.400 e. The number of nitrogens with zero attached hydrogens (tertiary/aromatic N) is 3. The average molecular weight is 269 g/mol. The molecule has 0 aliphatic rings. The molecular formula is C9H15ClF2N4O. The summed E-state index contributed by atoms with van der Waals surface area (Å²) in [6.07, 6.45) is 0. The minimum atomic E-state index is -3.65. The van der Waals surface area contributed by atoms with Gasteiger partial charge in [0.15, 0.2) is 5.82 Å². The van der Waals surface area contributed by atoms with E-state index in [9.17, 15) is 8.78 Å². The standard InChI is InChI=1S/C9H15ClF2N4O/c1-3-16(4-2)5-6(13)7-14-8(17-15-7)9(10,11)12/h6H,3-5,13H2,1-2H3. The van der Waals surface area contributed by atoms with Crippen molar-refractivity contribution in [1.29, 1.82) is 0 Å². The molecule has 0 saturated heterocycles. The number of nitrogens with two attached hydrogens (primary N) is 1. The fraction of sp³-hybridized carbons (Fsp3) is 0.778. The summed E-state index contributed by atoms with van der Waals surface area (Å²) in [6.45, 7) is 6.04. The van der Waals surface area contributed by atoms with Crippen molar-refractivity contribution in [2.45, 2.75) is 25.3 Å². The lowest BCUT2D eigenvalue weighted by atomic mass is 10.2. The van der Waals surface area contributed by atoms with Crippen molar-refractivity contribution >= 4 is 11.6 Å². The second-order valence-corrected chi connectivity index (χ2v) is 4.02. The molecule has 2 N–H and O–H groups in total. The molecule has 1 rings (SSSR count). The third kappa shape index (κ3) is 3.86. The van der Waals surface area contributed by atoms with Gasteiger partial charge >= 0.3 is 11.3 Å². The van der Waals surface area contributed by atoms with Crippen molar-refractivity contribution < 1.29 is 13.3 Å². The van der Waals surface area contributed by atoms with Crippen molar-refractivity contribution in [3.63, 3.8) is 0 Å². The minimum Gasteiger partial charge on any atom is -0.331 e. The maximum absolute atomic E-state index is 12.6. The molecule has 1 aromatic rings. The van der Waals surface area contributed by atoms with Crippen LogP contribution in [0, 0.1) is 0 Å². The third-order valence-corrected chi connectivity index (χ3v) is 2.53. The molecule has 0 radical (unpaired) electrons. The second-order valence-electron chi connectivity index (χ2n) is 3.55. The van der Waals surface area contributed by atoms with E-state index >= 15 is 0 Å². The Bertz CT molecular complexity index is 351. The summed E-state index contributed by atoms with van der Waals surface area (Å²) in [5.74, 6) is -0.892. The molecule has 1 unspecified atom stereocenters. The molecule has 0 saturated carbocycles. The molecule has 0 bridgehead atoms. The van der Waals surface area contributed by atoms with Crippen LogP contribution in [0.2, 0.25) is 0 Å². The quantitative estimate of drug-likeness (QED) is 0.796. The number of alkyl halides is 3. The summed E-state index contributed by atoms with van der Waals surface area (Å²) in [4.78, 5) is 5.52. The molecule has 8 heteroatoms. The van der Waals surface area contributed by atoms with Crippen LogP contribution in [0.1, 0.15) is 31.6 Å². The van der Waals surface area contributed by atoms with E-state index in [-0.39, 0.29) is 5.82 Å². The van der Waals surface area contributed by atoms with E-state index in [1.807, 2.05) is 18.7 Å². The predicted molar refractivity (Wildman–Crippen MR) is 58.8 cm³/mol. The lowest BCUT2D eigenvalue weighted by molar-refractivity contribution is 0.0550. The molecule has 1 atom stereocenters. The topological polar surface area (TPSA) is 68.2 Å². The van der Waals surface area contributed by atoms with E-state index in [4.69, 9.17) is 17.3 Å². The summed E-state index contributed by atoms with van der Waals surface area (Å²) in [5, 5.41) is -0.251. The SMILES string of the molecule is CCN(CC)CC(N)c1noc(C(F)(F)Cl)n1. The second kappa shape index (κ2) is 5.70. The fourth-order valence-corrected chi connectivity index (χ4v) is 1.42. The van der Waals surface area contributed by atoms with Crippen molar-refractivity contribution in [2.75, 3.05) is 19.6 Å². The van der Waals surface area contributed by atoms with Gasteiger partial charge in [0.1, 0.15) is 0 Å². The fourth-order valence-electron chi connectivity index (χ4n) is 1.34. The van der Waals surface area contributed by atoms with Gasteiger partial charge in [-0.2, -0.15) is 13.8 Å². The zero-order valence-electron chi connectivity index (χ0n) is 9.66. The van der Waals surface area contributed by atoms with E-state index in [1.165, 1.54) is 0 Å². The van der Waals surface area contributed by atoms with Crippen LogP contribution < -0.4 is 5.73 Å². The third-order valence-electron chi connectivity index (χ3n) is 2.37. The number of likely N-dealkylation sites (N-methyl/N-ethyl adjacent to an activating group) is 1. The first-order chi connectivity index (χ1) is 7.88. The summed E-state index contributed by atoms with van der Waals surface area (Å²) in [5.41, 5.74) is 5.79. The van der Waals surface area contributed by atoms with Crippen molar-refractivity contribution in [1.82, 2.24) is 15.0 Å². The lowest BCUT2D eigenvalue weighted by Crippen LogP contribution is -2.32. The lowest BCUT2D eigenvalue weighted by Gasteiger charge is -2.20. The van der Waals surface area contributed by atoms with Gasteiger partial charge in [0, 0.05) is 6.54 Å².